The highest BCUT2D eigenvalue weighted by Gasteiger charge is 2.09. The van der Waals surface area contributed by atoms with Gasteiger partial charge in [-0.05, 0) is 47.4 Å². The smallest absolute Gasteiger partial charge is 0.0320 e. The molecule has 17 heavy (non-hydrogen) atoms. The van der Waals surface area contributed by atoms with Crippen LogP contribution in [-0.4, -0.2) is 6.54 Å². The van der Waals surface area contributed by atoms with Gasteiger partial charge >= 0.3 is 0 Å². The van der Waals surface area contributed by atoms with Crippen molar-refractivity contribution in [3.8, 4) is 11.1 Å². The predicted octanol–water partition coefficient (Wildman–Crippen LogP) is 2.58. The monoisotopic (exact) mass is 224 g/mol. The number of hydrogen-bond acceptors (Lipinski definition) is 2. The van der Waals surface area contributed by atoms with Gasteiger partial charge in [-0.1, -0.05) is 30.3 Å². The number of fused-ring (bicyclic) bond motifs is 1. The van der Waals surface area contributed by atoms with E-state index in [0.29, 0.717) is 0 Å². The fourth-order valence-electron chi connectivity index (χ4n) is 2.38. The largest absolute Gasteiger partial charge is 0.399 e. The van der Waals surface area contributed by atoms with Gasteiger partial charge in [0.25, 0.3) is 0 Å². The van der Waals surface area contributed by atoms with Gasteiger partial charge in [0.15, 0.2) is 0 Å². The van der Waals surface area contributed by atoms with Crippen molar-refractivity contribution in [1.82, 2.24) is 5.32 Å². The second kappa shape index (κ2) is 4.22. The lowest BCUT2D eigenvalue weighted by Crippen LogP contribution is -2.23. The van der Waals surface area contributed by atoms with Crippen molar-refractivity contribution < 1.29 is 0 Å². The van der Waals surface area contributed by atoms with Crippen LogP contribution >= 0.6 is 0 Å². The Labute approximate surface area is 101 Å². The molecule has 3 N–H and O–H groups in total. The van der Waals surface area contributed by atoms with Gasteiger partial charge in [0.1, 0.15) is 0 Å². The lowest BCUT2D eigenvalue weighted by molar-refractivity contribution is 0.644. The first-order valence-corrected chi connectivity index (χ1v) is 6.01. The van der Waals surface area contributed by atoms with E-state index in [1.54, 1.807) is 0 Å². The van der Waals surface area contributed by atoms with Gasteiger partial charge in [0.2, 0.25) is 0 Å². The molecule has 2 heteroatoms. The Kier molecular flexibility index (Phi) is 2.57. The van der Waals surface area contributed by atoms with E-state index in [-0.39, 0.29) is 0 Å². The summed E-state index contributed by atoms with van der Waals surface area (Å²) in [6.07, 6.45) is 1.12. The molecule has 0 unspecified atom stereocenters. The number of nitrogens with two attached hydrogens (primary N) is 1. The number of nitrogen functional groups attached to an aromatic ring is 1. The summed E-state index contributed by atoms with van der Waals surface area (Å²) in [4.78, 5) is 0. The summed E-state index contributed by atoms with van der Waals surface area (Å²) in [6.45, 7) is 2.07. The van der Waals surface area contributed by atoms with E-state index in [9.17, 15) is 0 Å². The van der Waals surface area contributed by atoms with Crippen LogP contribution in [0.25, 0.3) is 11.1 Å². The maximum atomic E-state index is 5.82. The third-order valence-corrected chi connectivity index (χ3v) is 3.31. The zero-order chi connectivity index (χ0) is 11.7. The maximum absolute atomic E-state index is 5.82. The number of hydrogen-bond donors (Lipinski definition) is 2. The Morgan fingerprint density at radius 1 is 0.941 bits per heavy atom. The molecule has 1 aliphatic heterocycles. The Morgan fingerprint density at radius 2 is 1.82 bits per heavy atom. The number of benzene rings is 2. The van der Waals surface area contributed by atoms with Gasteiger partial charge in [-0.3, -0.25) is 0 Å². The highest BCUT2D eigenvalue weighted by Crippen LogP contribution is 2.25. The number of anilines is 1. The van der Waals surface area contributed by atoms with Gasteiger partial charge in [0, 0.05) is 12.2 Å². The molecule has 0 bridgehead atoms. The third kappa shape index (κ3) is 2.04. The molecule has 0 spiro atoms. The lowest BCUT2D eigenvalue weighted by Gasteiger charge is -2.18. The summed E-state index contributed by atoms with van der Waals surface area (Å²) in [7, 11) is 0. The molecular formula is C15H16N2. The molecule has 0 saturated carbocycles. The summed E-state index contributed by atoms with van der Waals surface area (Å²) in [5.74, 6) is 0. The van der Waals surface area contributed by atoms with Gasteiger partial charge in [0.05, 0.1) is 0 Å². The molecular weight excluding hydrogens is 208 g/mol. The SMILES string of the molecule is Nc1cccc(-c2ccc3c(c2)CCNC3)c1. The van der Waals surface area contributed by atoms with Crippen molar-refractivity contribution in [2.75, 3.05) is 12.3 Å². The summed E-state index contributed by atoms with van der Waals surface area (Å²) in [5.41, 5.74) is 12.0. The molecule has 0 fully saturated rings. The van der Waals surface area contributed by atoms with Crippen molar-refractivity contribution >= 4 is 5.69 Å². The molecule has 2 aromatic rings. The number of rotatable bonds is 1. The van der Waals surface area contributed by atoms with Crippen molar-refractivity contribution in [2.45, 2.75) is 13.0 Å². The van der Waals surface area contributed by atoms with Crippen LogP contribution in [-0.2, 0) is 13.0 Å². The summed E-state index contributed by atoms with van der Waals surface area (Å²) < 4.78 is 0. The molecule has 0 radical (unpaired) electrons. The molecule has 0 aliphatic carbocycles. The highest BCUT2D eigenvalue weighted by molar-refractivity contribution is 5.68. The van der Waals surface area contributed by atoms with E-state index in [0.717, 1.165) is 25.2 Å². The first-order chi connectivity index (χ1) is 8.33. The summed E-state index contributed by atoms with van der Waals surface area (Å²) in [5, 5.41) is 3.39. The average molecular weight is 224 g/mol. The minimum Gasteiger partial charge on any atom is -0.399 e. The lowest BCUT2D eigenvalue weighted by atomic mass is 9.95. The fraction of sp³-hybridized carbons (Fsp3) is 0.200. The predicted molar refractivity (Wildman–Crippen MR) is 71.7 cm³/mol. The van der Waals surface area contributed by atoms with E-state index in [1.807, 2.05) is 18.2 Å². The molecule has 0 aromatic heterocycles. The topological polar surface area (TPSA) is 38.0 Å². The quantitative estimate of drug-likeness (QED) is 0.731. The van der Waals surface area contributed by atoms with E-state index in [4.69, 9.17) is 5.73 Å². The van der Waals surface area contributed by atoms with Crippen LogP contribution in [0, 0.1) is 0 Å². The van der Waals surface area contributed by atoms with Gasteiger partial charge in [-0.25, -0.2) is 0 Å². The molecule has 86 valence electrons. The van der Waals surface area contributed by atoms with Crippen molar-refractivity contribution in [1.29, 1.82) is 0 Å². The fourth-order valence-corrected chi connectivity index (χ4v) is 2.38. The van der Waals surface area contributed by atoms with Crippen molar-refractivity contribution in [3.05, 3.63) is 53.6 Å². The Hall–Kier alpha value is -1.80. The van der Waals surface area contributed by atoms with Crippen molar-refractivity contribution in [2.24, 2.45) is 0 Å². The van der Waals surface area contributed by atoms with E-state index < -0.39 is 0 Å². The van der Waals surface area contributed by atoms with Crippen molar-refractivity contribution in [3.63, 3.8) is 0 Å². The molecule has 2 nitrogen and oxygen atoms in total. The minimum atomic E-state index is 0.821. The molecule has 0 amide bonds. The molecule has 2 aromatic carbocycles. The molecule has 0 atom stereocenters. The molecule has 1 aliphatic rings. The average Bonchev–Trinajstić information content (AvgIpc) is 2.38. The summed E-state index contributed by atoms with van der Waals surface area (Å²) >= 11 is 0. The van der Waals surface area contributed by atoms with Gasteiger partial charge in [-0.2, -0.15) is 0 Å². The van der Waals surface area contributed by atoms with Crippen LogP contribution in [0.5, 0.6) is 0 Å². The molecule has 3 rings (SSSR count). The Balaban J connectivity index is 2.04. The van der Waals surface area contributed by atoms with Crippen LogP contribution in [0.3, 0.4) is 0 Å². The van der Waals surface area contributed by atoms with E-state index in [2.05, 4.69) is 29.6 Å². The van der Waals surface area contributed by atoms with E-state index >= 15 is 0 Å². The molecule has 0 saturated heterocycles. The second-order valence-electron chi connectivity index (χ2n) is 4.54. The van der Waals surface area contributed by atoms with Crippen LogP contribution in [0.2, 0.25) is 0 Å². The van der Waals surface area contributed by atoms with Gasteiger partial charge < -0.3 is 11.1 Å². The first kappa shape index (κ1) is 10.4. The van der Waals surface area contributed by atoms with Crippen LogP contribution in [0.4, 0.5) is 5.69 Å². The van der Waals surface area contributed by atoms with Crippen LogP contribution in [0.15, 0.2) is 42.5 Å². The highest BCUT2D eigenvalue weighted by atomic mass is 14.9. The first-order valence-electron chi connectivity index (χ1n) is 6.01. The normalized spacial score (nSPS) is 14.4. The van der Waals surface area contributed by atoms with Gasteiger partial charge in [-0.15, -0.1) is 0 Å². The van der Waals surface area contributed by atoms with Crippen LogP contribution in [0.1, 0.15) is 11.1 Å². The second-order valence-corrected chi connectivity index (χ2v) is 4.54. The summed E-state index contributed by atoms with van der Waals surface area (Å²) in [6, 6.07) is 14.8. The number of nitrogens with one attached hydrogen (secondary N) is 1. The zero-order valence-electron chi connectivity index (χ0n) is 9.74. The Morgan fingerprint density at radius 3 is 2.71 bits per heavy atom. The van der Waals surface area contributed by atoms with Crippen LogP contribution < -0.4 is 11.1 Å². The Bertz CT molecular complexity index is 546. The molecule has 1 heterocycles. The minimum absolute atomic E-state index is 0.821. The standard InChI is InChI=1S/C15H16N2/c16-15-3-1-2-11(9-15)12-4-5-14-10-17-7-6-13(14)8-12/h1-5,8-9,17H,6-7,10,16H2. The zero-order valence-corrected chi connectivity index (χ0v) is 9.74. The van der Waals surface area contributed by atoms with E-state index in [1.165, 1.54) is 22.3 Å². The maximum Gasteiger partial charge on any atom is 0.0320 e. The third-order valence-electron chi connectivity index (χ3n) is 3.31.